The second-order valence-electron chi connectivity index (χ2n) is 6.08. The monoisotopic (exact) mass is 432 g/mol. The fourth-order valence-electron chi connectivity index (χ4n) is 2.77. The first-order valence-corrected chi connectivity index (χ1v) is 10.7. The molecule has 150 valence electrons. The van der Waals surface area contributed by atoms with Crippen LogP contribution in [0.5, 0.6) is 11.5 Å². The molecule has 1 amide bonds. The highest BCUT2D eigenvalue weighted by atomic mass is 32.2. The molecule has 0 atom stereocenters. The summed E-state index contributed by atoms with van der Waals surface area (Å²) in [5.41, 5.74) is 1.18. The third-order valence-electron chi connectivity index (χ3n) is 4.22. The van der Waals surface area contributed by atoms with E-state index in [2.05, 4.69) is 14.7 Å². The molecule has 0 fully saturated rings. The standard InChI is InChI=1S/C18H16N4O5S2/c1-26-13-4-2-12(3-5-13)9-22(18-19-11-20-28-18)29(24,25)14-6-7-15-16(8-14)27-10-17(23)21-15/h2-8,11H,9-10H2,1H3,(H,21,23). The van der Waals surface area contributed by atoms with Crippen molar-refractivity contribution in [1.82, 2.24) is 9.36 Å². The molecule has 0 aliphatic carbocycles. The minimum absolute atomic E-state index is 0.0242. The summed E-state index contributed by atoms with van der Waals surface area (Å²) in [5.74, 6) is 0.684. The van der Waals surface area contributed by atoms with Crippen LogP contribution in [0.3, 0.4) is 0 Å². The van der Waals surface area contributed by atoms with E-state index >= 15 is 0 Å². The van der Waals surface area contributed by atoms with Crippen molar-refractivity contribution >= 4 is 38.3 Å². The number of benzene rings is 2. The fraction of sp³-hybridized carbons (Fsp3) is 0.167. The van der Waals surface area contributed by atoms with Crippen LogP contribution < -0.4 is 19.1 Å². The van der Waals surface area contributed by atoms with Crippen molar-refractivity contribution in [1.29, 1.82) is 0 Å². The van der Waals surface area contributed by atoms with Crippen molar-refractivity contribution in [3.63, 3.8) is 0 Å². The lowest BCUT2D eigenvalue weighted by atomic mass is 10.2. The van der Waals surface area contributed by atoms with Crippen LogP contribution in [0, 0.1) is 0 Å². The zero-order valence-corrected chi connectivity index (χ0v) is 16.9. The van der Waals surface area contributed by atoms with E-state index in [4.69, 9.17) is 9.47 Å². The number of nitrogens with zero attached hydrogens (tertiary/aromatic N) is 3. The maximum atomic E-state index is 13.4. The van der Waals surface area contributed by atoms with E-state index in [1.165, 1.54) is 28.8 Å². The molecular formula is C18H16N4O5S2. The van der Waals surface area contributed by atoms with Crippen LogP contribution in [0.25, 0.3) is 0 Å². The molecule has 11 heteroatoms. The highest BCUT2D eigenvalue weighted by Gasteiger charge is 2.29. The molecule has 1 aliphatic heterocycles. The summed E-state index contributed by atoms with van der Waals surface area (Å²) < 4.78 is 42.4. The van der Waals surface area contributed by atoms with Gasteiger partial charge in [-0.1, -0.05) is 12.1 Å². The Morgan fingerprint density at radius 1 is 1.24 bits per heavy atom. The Balaban J connectivity index is 1.70. The molecule has 1 aromatic heterocycles. The van der Waals surface area contributed by atoms with Crippen molar-refractivity contribution in [2.45, 2.75) is 11.4 Å². The van der Waals surface area contributed by atoms with Crippen LogP contribution in [0.15, 0.2) is 53.7 Å². The number of fused-ring (bicyclic) bond motifs is 1. The fourth-order valence-corrected chi connectivity index (χ4v) is 4.93. The minimum atomic E-state index is -3.97. The molecule has 29 heavy (non-hydrogen) atoms. The Bertz CT molecular complexity index is 1130. The van der Waals surface area contributed by atoms with Crippen LogP contribution in [-0.4, -0.2) is 37.4 Å². The minimum Gasteiger partial charge on any atom is -0.497 e. The summed E-state index contributed by atoms with van der Waals surface area (Å²) in [7, 11) is -2.40. The summed E-state index contributed by atoms with van der Waals surface area (Å²) in [4.78, 5) is 15.5. The second-order valence-corrected chi connectivity index (χ2v) is 8.70. The number of amides is 1. The van der Waals surface area contributed by atoms with Crippen LogP contribution in [0.2, 0.25) is 0 Å². The first kappa shape index (κ1) is 19.2. The number of carbonyl (C=O) groups is 1. The summed E-state index contributed by atoms with van der Waals surface area (Å²) in [6.07, 6.45) is 1.31. The van der Waals surface area contributed by atoms with Crippen molar-refractivity contribution in [2.75, 3.05) is 23.3 Å². The maximum absolute atomic E-state index is 13.4. The maximum Gasteiger partial charge on any atom is 0.266 e. The van der Waals surface area contributed by atoms with Gasteiger partial charge in [0.2, 0.25) is 5.13 Å². The number of carbonyl (C=O) groups excluding carboxylic acids is 1. The van der Waals surface area contributed by atoms with Gasteiger partial charge < -0.3 is 14.8 Å². The Morgan fingerprint density at radius 2 is 2.03 bits per heavy atom. The van der Waals surface area contributed by atoms with Gasteiger partial charge in [0.1, 0.15) is 17.8 Å². The molecule has 0 radical (unpaired) electrons. The van der Waals surface area contributed by atoms with Gasteiger partial charge in [0.25, 0.3) is 15.9 Å². The van der Waals surface area contributed by atoms with Crippen LogP contribution in [-0.2, 0) is 21.4 Å². The molecule has 3 aromatic rings. The number of aromatic nitrogens is 2. The number of rotatable bonds is 6. The lowest BCUT2D eigenvalue weighted by Crippen LogP contribution is -2.31. The molecule has 0 saturated carbocycles. The topological polar surface area (TPSA) is 111 Å². The number of anilines is 2. The lowest BCUT2D eigenvalue weighted by molar-refractivity contribution is -0.118. The molecule has 1 N–H and O–H groups in total. The molecular weight excluding hydrogens is 416 g/mol. The van der Waals surface area contributed by atoms with Gasteiger partial charge in [-0.05, 0) is 29.8 Å². The SMILES string of the molecule is COc1ccc(CN(c2ncns2)S(=O)(=O)c2ccc3c(c2)OCC(=O)N3)cc1. The van der Waals surface area contributed by atoms with Crippen LogP contribution >= 0.6 is 11.5 Å². The molecule has 4 rings (SSSR count). The average molecular weight is 432 g/mol. The normalized spacial score (nSPS) is 13.2. The Morgan fingerprint density at radius 3 is 2.72 bits per heavy atom. The number of sulfonamides is 1. The Kier molecular flexibility index (Phi) is 5.07. The van der Waals surface area contributed by atoms with Crippen molar-refractivity contribution in [2.24, 2.45) is 0 Å². The Labute approximate surface area is 171 Å². The van der Waals surface area contributed by atoms with Gasteiger partial charge in [-0.3, -0.25) is 4.79 Å². The molecule has 0 spiro atoms. The summed E-state index contributed by atoms with van der Waals surface area (Å²) in [6, 6.07) is 11.4. The van der Waals surface area contributed by atoms with E-state index in [0.717, 1.165) is 17.1 Å². The second kappa shape index (κ2) is 7.68. The van der Waals surface area contributed by atoms with E-state index in [1.54, 1.807) is 31.4 Å². The van der Waals surface area contributed by atoms with Crippen LogP contribution in [0.1, 0.15) is 5.56 Å². The van der Waals surface area contributed by atoms with E-state index in [0.29, 0.717) is 17.2 Å². The zero-order valence-electron chi connectivity index (χ0n) is 15.2. The number of methoxy groups -OCH3 is 1. The van der Waals surface area contributed by atoms with Crippen molar-refractivity contribution in [3.8, 4) is 11.5 Å². The molecule has 2 aromatic carbocycles. The van der Waals surface area contributed by atoms with E-state index in [-0.39, 0.29) is 29.1 Å². The summed E-state index contributed by atoms with van der Waals surface area (Å²) >= 11 is 0.981. The van der Waals surface area contributed by atoms with Gasteiger partial charge in [0, 0.05) is 17.6 Å². The zero-order chi connectivity index (χ0) is 20.4. The van der Waals surface area contributed by atoms with Crippen LogP contribution in [0.4, 0.5) is 10.8 Å². The molecule has 9 nitrogen and oxygen atoms in total. The number of hydrogen-bond acceptors (Lipinski definition) is 8. The third-order valence-corrected chi connectivity index (χ3v) is 6.76. The van der Waals surface area contributed by atoms with Gasteiger partial charge >= 0.3 is 0 Å². The third kappa shape index (κ3) is 3.87. The molecule has 0 saturated heterocycles. The predicted octanol–water partition coefficient (Wildman–Crippen LogP) is 2.27. The quantitative estimate of drug-likeness (QED) is 0.636. The number of nitrogens with one attached hydrogen (secondary N) is 1. The van der Waals surface area contributed by atoms with E-state index in [1.807, 2.05) is 0 Å². The van der Waals surface area contributed by atoms with Crippen molar-refractivity contribution in [3.05, 3.63) is 54.4 Å². The van der Waals surface area contributed by atoms with Crippen molar-refractivity contribution < 1.29 is 22.7 Å². The predicted molar refractivity (Wildman–Crippen MR) is 107 cm³/mol. The largest absolute Gasteiger partial charge is 0.497 e. The first-order chi connectivity index (χ1) is 14.0. The van der Waals surface area contributed by atoms with Gasteiger partial charge in [-0.25, -0.2) is 17.7 Å². The van der Waals surface area contributed by atoms with Gasteiger partial charge in [0.05, 0.1) is 24.2 Å². The molecule has 2 heterocycles. The lowest BCUT2D eigenvalue weighted by Gasteiger charge is -2.23. The summed E-state index contributed by atoms with van der Waals surface area (Å²) in [6.45, 7) is -0.0985. The highest BCUT2D eigenvalue weighted by molar-refractivity contribution is 7.93. The highest BCUT2D eigenvalue weighted by Crippen LogP contribution is 2.33. The first-order valence-electron chi connectivity index (χ1n) is 8.46. The van der Waals surface area contributed by atoms with Gasteiger partial charge in [-0.15, -0.1) is 0 Å². The van der Waals surface area contributed by atoms with E-state index < -0.39 is 10.0 Å². The molecule has 0 unspecified atom stereocenters. The smallest absolute Gasteiger partial charge is 0.266 e. The molecule has 1 aliphatic rings. The van der Waals surface area contributed by atoms with Gasteiger partial charge in [-0.2, -0.15) is 4.37 Å². The molecule has 0 bridgehead atoms. The Hall–Kier alpha value is -3.18. The number of ether oxygens (including phenoxy) is 2. The van der Waals surface area contributed by atoms with Gasteiger partial charge in [0.15, 0.2) is 6.61 Å². The average Bonchev–Trinajstić information content (AvgIpc) is 3.26. The summed E-state index contributed by atoms with van der Waals surface area (Å²) in [5, 5.41) is 2.88. The van der Waals surface area contributed by atoms with E-state index in [9.17, 15) is 13.2 Å². The number of hydrogen-bond donors (Lipinski definition) is 1.